The highest BCUT2D eigenvalue weighted by Gasteiger charge is 2.19. The second-order valence-corrected chi connectivity index (χ2v) is 6.27. The minimum absolute atomic E-state index is 0.111. The van der Waals surface area contributed by atoms with Crippen LogP contribution in [0, 0.1) is 0 Å². The Kier molecular flexibility index (Phi) is 8.00. The summed E-state index contributed by atoms with van der Waals surface area (Å²) in [6.07, 6.45) is 2.21. The summed E-state index contributed by atoms with van der Waals surface area (Å²) in [4.78, 5) is 0. The monoisotopic (exact) mass is 237 g/mol. The maximum Gasteiger partial charge on any atom is 0.156 e. The van der Waals surface area contributed by atoms with E-state index >= 15 is 0 Å². The van der Waals surface area contributed by atoms with Crippen LogP contribution in [0.2, 0.25) is 0 Å². The van der Waals surface area contributed by atoms with E-state index in [0.717, 1.165) is 19.4 Å². The molecule has 15 heavy (non-hydrogen) atoms. The lowest BCUT2D eigenvalue weighted by Crippen LogP contribution is -2.34. The predicted molar refractivity (Wildman–Crippen MR) is 62.9 cm³/mol. The zero-order valence-corrected chi connectivity index (χ0v) is 10.8. The molecule has 4 nitrogen and oxygen atoms in total. The Bertz CT molecular complexity index is 239. The van der Waals surface area contributed by atoms with Crippen molar-refractivity contribution in [3.05, 3.63) is 0 Å². The molecule has 92 valence electrons. The zero-order chi connectivity index (χ0) is 11.7. The number of rotatable bonds is 9. The van der Waals surface area contributed by atoms with Gasteiger partial charge in [-0.05, 0) is 19.9 Å². The van der Waals surface area contributed by atoms with Crippen molar-refractivity contribution in [3.8, 4) is 0 Å². The van der Waals surface area contributed by atoms with Crippen LogP contribution >= 0.6 is 0 Å². The van der Waals surface area contributed by atoms with E-state index in [1.54, 1.807) is 6.92 Å². The molecule has 0 aliphatic rings. The van der Waals surface area contributed by atoms with Gasteiger partial charge in [0, 0.05) is 13.7 Å². The molecule has 0 heterocycles. The van der Waals surface area contributed by atoms with Crippen LogP contribution in [-0.2, 0) is 14.6 Å². The van der Waals surface area contributed by atoms with E-state index in [0.29, 0.717) is 6.54 Å². The highest BCUT2D eigenvalue weighted by Crippen LogP contribution is 2.01. The largest absolute Gasteiger partial charge is 0.384 e. The number of sulfone groups is 1. The Balaban J connectivity index is 3.81. The third kappa shape index (κ3) is 6.87. The molecule has 0 bridgehead atoms. The van der Waals surface area contributed by atoms with Gasteiger partial charge in [0.2, 0.25) is 0 Å². The van der Waals surface area contributed by atoms with Crippen molar-refractivity contribution < 1.29 is 13.2 Å². The molecule has 0 fully saturated rings. The second-order valence-electron chi connectivity index (χ2n) is 3.73. The molecule has 0 aliphatic heterocycles. The summed E-state index contributed by atoms with van der Waals surface area (Å²) >= 11 is 0. The van der Waals surface area contributed by atoms with Gasteiger partial charge in [-0.3, -0.25) is 0 Å². The van der Waals surface area contributed by atoms with E-state index in [9.17, 15) is 8.42 Å². The summed E-state index contributed by atoms with van der Waals surface area (Å²) in [6, 6.07) is 0. The van der Waals surface area contributed by atoms with Crippen molar-refractivity contribution in [1.29, 1.82) is 0 Å². The van der Waals surface area contributed by atoms with E-state index < -0.39 is 9.84 Å². The molecule has 0 spiro atoms. The number of nitrogens with one attached hydrogen (secondary N) is 1. The molecule has 1 unspecified atom stereocenters. The van der Waals surface area contributed by atoms with Gasteiger partial charge in [0.25, 0.3) is 0 Å². The first-order valence-electron chi connectivity index (χ1n) is 5.45. The summed E-state index contributed by atoms with van der Waals surface area (Å²) in [6.45, 7) is 5.55. The Morgan fingerprint density at radius 2 is 2.07 bits per heavy atom. The van der Waals surface area contributed by atoms with Crippen molar-refractivity contribution >= 4 is 9.84 Å². The van der Waals surface area contributed by atoms with E-state index in [1.807, 2.05) is 0 Å². The topological polar surface area (TPSA) is 55.4 Å². The summed E-state index contributed by atoms with van der Waals surface area (Å²) in [5, 5.41) is 2.82. The molecule has 1 N–H and O–H groups in total. The van der Waals surface area contributed by atoms with Gasteiger partial charge in [-0.1, -0.05) is 13.3 Å². The van der Waals surface area contributed by atoms with Crippen LogP contribution in [0.5, 0.6) is 0 Å². The average molecular weight is 237 g/mol. The lowest BCUT2D eigenvalue weighted by Gasteiger charge is -2.13. The molecular weight excluding hydrogens is 214 g/mol. The normalized spacial score (nSPS) is 14.1. The van der Waals surface area contributed by atoms with Crippen LogP contribution in [-0.4, -0.2) is 46.2 Å². The molecule has 1 atom stereocenters. The fraction of sp³-hybridized carbons (Fsp3) is 1.00. The maximum atomic E-state index is 11.6. The molecule has 0 aromatic carbocycles. The first kappa shape index (κ1) is 14.9. The van der Waals surface area contributed by atoms with E-state index in [1.165, 1.54) is 7.11 Å². The van der Waals surface area contributed by atoms with Crippen LogP contribution in [0.1, 0.15) is 26.7 Å². The lowest BCUT2D eigenvalue weighted by molar-refractivity contribution is 0.217. The molecule has 5 heteroatoms. The first-order chi connectivity index (χ1) is 7.04. The van der Waals surface area contributed by atoms with Gasteiger partial charge in [0.15, 0.2) is 9.84 Å². The van der Waals surface area contributed by atoms with Crippen molar-refractivity contribution in [1.82, 2.24) is 5.32 Å². The van der Waals surface area contributed by atoms with Gasteiger partial charge in [-0.15, -0.1) is 0 Å². The van der Waals surface area contributed by atoms with Gasteiger partial charge >= 0.3 is 0 Å². The fourth-order valence-electron chi connectivity index (χ4n) is 1.13. The third-order valence-corrected chi connectivity index (χ3v) is 4.45. The van der Waals surface area contributed by atoms with Crippen LogP contribution in [0.15, 0.2) is 0 Å². The SMILES string of the molecule is CCCCNCC(C)S(=O)(=O)CCOC. The van der Waals surface area contributed by atoms with Crippen LogP contribution < -0.4 is 5.32 Å². The van der Waals surface area contributed by atoms with Crippen LogP contribution in [0.3, 0.4) is 0 Å². The molecule has 0 aromatic rings. The summed E-state index contributed by atoms with van der Waals surface area (Å²) < 4.78 is 28.0. The van der Waals surface area contributed by atoms with E-state index in [4.69, 9.17) is 4.74 Å². The van der Waals surface area contributed by atoms with E-state index in [-0.39, 0.29) is 17.6 Å². The molecule has 0 saturated carbocycles. The second kappa shape index (κ2) is 8.07. The van der Waals surface area contributed by atoms with Gasteiger partial charge in [0.05, 0.1) is 17.6 Å². The third-order valence-electron chi connectivity index (χ3n) is 2.32. The molecule has 0 rings (SSSR count). The lowest BCUT2D eigenvalue weighted by atomic mass is 10.3. The Morgan fingerprint density at radius 1 is 1.40 bits per heavy atom. The average Bonchev–Trinajstić information content (AvgIpc) is 2.21. The number of hydrogen-bond donors (Lipinski definition) is 1. The molecular formula is C10H23NO3S. The van der Waals surface area contributed by atoms with Crippen molar-refractivity contribution in [2.45, 2.75) is 31.9 Å². The molecule has 0 amide bonds. The molecule has 0 aliphatic carbocycles. The minimum Gasteiger partial charge on any atom is -0.384 e. The standard InChI is InChI=1S/C10H23NO3S/c1-4-5-6-11-9-10(2)15(12,13)8-7-14-3/h10-11H,4-9H2,1-3H3. The Hall–Kier alpha value is -0.130. The van der Waals surface area contributed by atoms with Gasteiger partial charge < -0.3 is 10.1 Å². The van der Waals surface area contributed by atoms with E-state index in [2.05, 4.69) is 12.2 Å². The number of ether oxygens (including phenoxy) is 1. The van der Waals surface area contributed by atoms with Crippen LogP contribution in [0.4, 0.5) is 0 Å². The number of hydrogen-bond acceptors (Lipinski definition) is 4. The quantitative estimate of drug-likeness (QED) is 0.603. The fourth-order valence-corrected chi connectivity index (χ4v) is 2.31. The molecule has 0 radical (unpaired) electrons. The highest BCUT2D eigenvalue weighted by molar-refractivity contribution is 7.92. The number of methoxy groups -OCH3 is 1. The van der Waals surface area contributed by atoms with Crippen molar-refractivity contribution in [2.75, 3.05) is 32.6 Å². The van der Waals surface area contributed by atoms with Crippen molar-refractivity contribution in [2.24, 2.45) is 0 Å². The first-order valence-corrected chi connectivity index (χ1v) is 7.17. The Morgan fingerprint density at radius 3 is 2.60 bits per heavy atom. The van der Waals surface area contributed by atoms with Gasteiger partial charge in [-0.25, -0.2) is 8.42 Å². The summed E-state index contributed by atoms with van der Waals surface area (Å²) in [5.41, 5.74) is 0. The molecule has 0 saturated heterocycles. The number of unbranched alkanes of at least 4 members (excludes halogenated alkanes) is 1. The van der Waals surface area contributed by atoms with Crippen molar-refractivity contribution in [3.63, 3.8) is 0 Å². The zero-order valence-electron chi connectivity index (χ0n) is 9.95. The van der Waals surface area contributed by atoms with Gasteiger partial charge in [-0.2, -0.15) is 0 Å². The minimum atomic E-state index is -3.00. The maximum absolute atomic E-state index is 11.6. The highest BCUT2D eigenvalue weighted by atomic mass is 32.2. The van der Waals surface area contributed by atoms with Gasteiger partial charge in [0.1, 0.15) is 0 Å². The Labute approximate surface area is 93.3 Å². The molecule has 0 aromatic heterocycles. The van der Waals surface area contributed by atoms with Crippen LogP contribution in [0.25, 0.3) is 0 Å². The summed E-state index contributed by atoms with van der Waals surface area (Å²) in [7, 11) is -1.48. The smallest absolute Gasteiger partial charge is 0.156 e. The predicted octanol–water partition coefficient (Wildman–Crippen LogP) is 0.826. The summed E-state index contributed by atoms with van der Waals surface area (Å²) in [5.74, 6) is 0.111.